The summed E-state index contributed by atoms with van der Waals surface area (Å²) in [7, 11) is 0. The molecule has 3 heteroatoms. The van der Waals surface area contributed by atoms with E-state index in [4.69, 9.17) is 5.73 Å². The van der Waals surface area contributed by atoms with E-state index in [0.29, 0.717) is 12.6 Å². The molecule has 0 aliphatic carbocycles. The third kappa shape index (κ3) is 2.56. The Morgan fingerprint density at radius 3 is 2.69 bits per heavy atom. The van der Waals surface area contributed by atoms with Gasteiger partial charge in [0, 0.05) is 12.6 Å². The summed E-state index contributed by atoms with van der Waals surface area (Å²) >= 11 is 0. The van der Waals surface area contributed by atoms with Gasteiger partial charge in [-0.15, -0.1) is 0 Å². The first kappa shape index (κ1) is 10.3. The molecule has 2 N–H and O–H groups in total. The third-order valence-electron chi connectivity index (χ3n) is 2.38. The van der Waals surface area contributed by atoms with E-state index < -0.39 is 0 Å². The summed E-state index contributed by atoms with van der Waals surface area (Å²) in [5, 5.41) is 4.48. The fraction of sp³-hybridized carbons (Fsp3) is 0.700. The number of nitrogens with zero attached hydrogens (tertiary/aromatic N) is 2. The Morgan fingerprint density at radius 1 is 1.46 bits per heavy atom. The summed E-state index contributed by atoms with van der Waals surface area (Å²) in [5.41, 5.74) is 6.57. The summed E-state index contributed by atoms with van der Waals surface area (Å²) in [4.78, 5) is 0. The lowest BCUT2D eigenvalue weighted by atomic mass is 10.2. The summed E-state index contributed by atoms with van der Waals surface area (Å²) in [6, 6.07) is 2.61. The van der Waals surface area contributed by atoms with Crippen molar-refractivity contribution in [3.8, 4) is 0 Å². The largest absolute Gasteiger partial charge is 0.330 e. The first-order valence-corrected chi connectivity index (χ1v) is 5.05. The van der Waals surface area contributed by atoms with Gasteiger partial charge in [0.15, 0.2) is 0 Å². The second kappa shape index (κ2) is 5.02. The molecule has 74 valence electrons. The van der Waals surface area contributed by atoms with E-state index in [-0.39, 0.29) is 0 Å². The molecule has 1 heterocycles. The Kier molecular flexibility index (Phi) is 3.96. The van der Waals surface area contributed by atoms with Crippen molar-refractivity contribution in [1.29, 1.82) is 0 Å². The van der Waals surface area contributed by atoms with Crippen molar-refractivity contribution in [2.75, 3.05) is 6.54 Å². The topological polar surface area (TPSA) is 43.8 Å². The molecular weight excluding hydrogens is 162 g/mol. The normalized spacial score (nSPS) is 11.1. The van der Waals surface area contributed by atoms with Crippen LogP contribution in [0.25, 0.3) is 0 Å². The fourth-order valence-electron chi connectivity index (χ4n) is 1.52. The Labute approximate surface area is 79.9 Å². The van der Waals surface area contributed by atoms with Crippen LogP contribution in [0, 0.1) is 0 Å². The highest BCUT2D eigenvalue weighted by Crippen LogP contribution is 2.14. The Hall–Kier alpha value is -0.830. The highest BCUT2D eigenvalue weighted by molar-refractivity contribution is 5.00. The Bertz CT molecular complexity index is 238. The average molecular weight is 181 g/mol. The lowest BCUT2D eigenvalue weighted by molar-refractivity contribution is 0.425. The van der Waals surface area contributed by atoms with Crippen molar-refractivity contribution in [2.45, 2.75) is 39.2 Å². The smallest absolute Gasteiger partial charge is 0.0637 e. The minimum atomic E-state index is 0.548. The molecule has 1 rings (SSSR count). The molecule has 0 fully saturated rings. The van der Waals surface area contributed by atoms with Crippen molar-refractivity contribution >= 4 is 0 Å². The van der Waals surface area contributed by atoms with Gasteiger partial charge in [-0.2, -0.15) is 5.10 Å². The van der Waals surface area contributed by atoms with Gasteiger partial charge in [0.25, 0.3) is 0 Å². The van der Waals surface area contributed by atoms with Gasteiger partial charge in [0.2, 0.25) is 0 Å². The van der Waals surface area contributed by atoms with Gasteiger partial charge in [0.1, 0.15) is 0 Å². The molecule has 0 aromatic carbocycles. The predicted molar refractivity (Wildman–Crippen MR) is 54.6 cm³/mol. The van der Waals surface area contributed by atoms with Crippen LogP contribution >= 0.6 is 0 Å². The van der Waals surface area contributed by atoms with E-state index in [1.807, 2.05) is 0 Å². The monoisotopic (exact) mass is 181 g/mol. The lowest BCUT2D eigenvalue weighted by Gasteiger charge is -2.12. The van der Waals surface area contributed by atoms with Gasteiger partial charge in [-0.25, -0.2) is 0 Å². The van der Waals surface area contributed by atoms with Crippen LogP contribution in [0.4, 0.5) is 0 Å². The molecule has 13 heavy (non-hydrogen) atoms. The van der Waals surface area contributed by atoms with Gasteiger partial charge >= 0.3 is 0 Å². The van der Waals surface area contributed by atoms with E-state index in [1.54, 1.807) is 0 Å². The van der Waals surface area contributed by atoms with E-state index in [2.05, 4.69) is 35.9 Å². The summed E-state index contributed by atoms with van der Waals surface area (Å²) in [5.74, 6) is 0. The fourth-order valence-corrected chi connectivity index (χ4v) is 1.52. The summed E-state index contributed by atoms with van der Waals surface area (Å²) < 4.78 is 2.06. The third-order valence-corrected chi connectivity index (χ3v) is 2.38. The van der Waals surface area contributed by atoms with Crippen LogP contribution in [-0.4, -0.2) is 16.3 Å². The van der Waals surface area contributed by atoms with Crippen molar-refractivity contribution in [1.82, 2.24) is 9.78 Å². The van der Waals surface area contributed by atoms with Crippen LogP contribution in [0.1, 0.15) is 38.4 Å². The molecule has 1 aromatic heterocycles. The maximum atomic E-state index is 5.46. The number of hydrogen-bond acceptors (Lipinski definition) is 2. The maximum absolute atomic E-state index is 5.46. The minimum Gasteiger partial charge on any atom is -0.330 e. The molecule has 0 bridgehead atoms. The number of nitrogens with two attached hydrogens (primary N) is 1. The van der Waals surface area contributed by atoms with Crippen LogP contribution in [0.3, 0.4) is 0 Å². The highest BCUT2D eigenvalue weighted by atomic mass is 15.3. The first-order chi connectivity index (χ1) is 6.31. The molecule has 0 atom stereocenters. The number of aromatic nitrogens is 2. The van der Waals surface area contributed by atoms with Crippen LogP contribution in [-0.2, 0) is 6.42 Å². The zero-order chi connectivity index (χ0) is 9.68. The first-order valence-electron chi connectivity index (χ1n) is 5.05. The van der Waals surface area contributed by atoms with Gasteiger partial charge < -0.3 is 5.73 Å². The lowest BCUT2D eigenvalue weighted by Crippen LogP contribution is -2.09. The van der Waals surface area contributed by atoms with Gasteiger partial charge in [-0.05, 0) is 25.5 Å². The molecule has 0 amide bonds. The van der Waals surface area contributed by atoms with E-state index in [1.165, 1.54) is 0 Å². The van der Waals surface area contributed by atoms with Crippen LogP contribution in [0.15, 0.2) is 12.3 Å². The molecule has 0 aliphatic heterocycles. The van der Waals surface area contributed by atoms with Crippen molar-refractivity contribution < 1.29 is 0 Å². The van der Waals surface area contributed by atoms with Gasteiger partial charge in [-0.1, -0.05) is 13.8 Å². The van der Waals surface area contributed by atoms with E-state index in [0.717, 1.165) is 25.0 Å². The maximum Gasteiger partial charge on any atom is 0.0637 e. The van der Waals surface area contributed by atoms with Crippen molar-refractivity contribution in [3.05, 3.63) is 18.0 Å². The number of hydrogen-bond donors (Lipinski definition) is 1. The molecule has 0 unspecified atom stereocenters. The van der Waals surface area contributed by atoms with Gasteiger partial charge in [0.05, 0.1) is 11.7 Å². The van der Waals surface area contributed by atoms with Crippen molar-refractivity contribution in [2.24, 2.45) is 5.73 Å². The van der Waals surface area contributed by atoms with E-state index in [9.17, 15) is 0 Å². The van der Waals surface area contributed by atoms with Crippen LogP contribution in [0.5, 0.6) is 0 Å². The van der Waals surface area contributed by atoms with Crippen LogP contribution in [0.2, 0.25) is 0 Å². The molecule has 0 aliphatic rings. The molecule has 0 saturated carbocycles. The van der Waals surface area contributed by atoms with Crippen molar-refractivity contribution in [3.63, 3.8) is 0 Å². The molecule has 1 aromatic rings. The van der Waals surface area contributed by atoms with Crippen LogP contribution < -0.4 is 5.73 Å². The standard InChI is InChI=1S/C10H19N3/c1-3-10(4-2)13-8-6-9(12-13)5-7-11/h6,8,10H,3-5,7,11H2,1-2H3. The second-order valence-corrected chi connectivity index (χ2v) is 3.30. The molecule has 0 saturated heterocycles. The summed E-state index contributed by atoms with van der Waals surface area (Å²) in [6.07, 6.45) is 5.22. The molecule has 3 nitrogen and oxygen atoms in total. The Balaban J connectivity index is 2.66. The summed E-state index contributed by atoms with van der Waals surface area (Å²) in [6.45, 7) is 5.07. The average Bonchev–Trinajstić information content (AvgIpc) is 2.56. The predicted octanol–water partition coefficient (Wildman–Crippen LogP) is 1.75. The zero-order valence-electron chi connectivity index (χ0n) is 8.53. The quantitative estimate of drug-likeness (QED) is 0.752. The molecule has 0 spiro atoms. The minimum absolute atomic E-state index is 0.548. The Morgan fingerprint density at radius 2 is 2.15 bits per heavy atom. The molecule has 0 radical (unpaired) electrons. The second-order valence-electron chi connectivity index (χ2n) is 3.30. The number of rotatable bonds is 5. The van der Waals surface area contributed by atoms with Gasteiger partial charge in [-0.3, -0.25) is 4.68 Å². The van der Waals surface area contributed by atoms with E-state index >= 15 is 0 Å². The highest BCUT2D eigenvalue weighted by Gasteiger charge is 2.06. The SMILES string of the molecule is CCC(CC)n1ccc(CCN)n1. The molecular formula is C10H19N3. The zero-order valence-corrected chi connectivity index (χ0v) is 8.53.